The van der Waals surface area contributed by atoms with Crippen LogP contribution in [0.25, 0.3) is 0 Å². The first-order valence-corrected chi connectivity index (χ1v) is 10.0. The normalized spacial score (nSPS) is 11.4. The third-order valence-electron chi connectivity index (χ3n) is 3.38. The van der Waals surface area contributed by atoms with Gasteiger partial charge in [-0.1, -0.05) is 12.1 Å². The van der Waals surface area contributed by atoms with Crippen molar-refractivity contribution in [2.75, 3.05) is 26.0 Å². The summed E-state index contributed by atoms with van der Waals surface area (Å²) in [5, 5.41) is 2.74. The van der Waals surface area contributed by atoms with E-state index in [-0.39, 0.29) is 16.6 Å². The van der Waals surface area contributed by atoms with Crippen LogP contribution in [-0.4, -0.2) is 39.3 Å². The summed E-state index contributed by atoms with van der Waals surface area (Å²) in [7, 11) is -0.811. The van der Waals surface area contributed by atoms with Crippen LogP contribution in [0.1, 0.15) is 17.3 Å². The van der Waals surface area contributed by atoms with Crippen LogP contribution < -0.4 is 10.1 Å². The van der Waals surface area contributed by atoms with Crippen molar-refractivity contribution in [2.45, 2.75) is 11.8 Å². The van der Waals surface area contributed by atoms with Gasteiger partial charge in [0.15, 0.2) is 0 Å². The van der Waals surface area contributed by atoms with Crippen LogP contribution >= 0.6 is 22.6 Å². The van der Waals surface area contributed by atoms with Crippen LogP contribution in [0.5, 0.6) is 5.75 Å². The molecule has 0 aliphatic carbocycles. The maximum absolute atomic E-state index is 12.5. The van der Waals surface area contributed by atoms with Gasteiger partial charge in [0, 0.05) is 23.4 Å². The summed E-state index contributed by atoms with van der Waals surface area (Å²) >= 11 is 2.08. The van der Waals surface area contributed by atoms with Crippen LogP contribution in [0.2, 0.25) is 0 Å². The predicted molar refractivity (Wildman–Crippen MR) is 106 cm³/mol. The number of halogens is 1. The van der Waals surface area contributed by atoms with E-state index in [1.165, 1.54) is 20.2 Å². The summed E-state index contributed by atoms with van der Waals surface area (Å²) in [4.78, 5) is 12.4. The number of rotatable bonds is 6. The van der Waals surface area contributed by atoms with Crippen LogP contribution in [-0.2, 0) is 10.0 Å². The number of nitrogens with zero attached hydrogens (tertiary/aromatic N) is 1. The summed E-state index contributed by atoms with van der Waals surface area (Å²) < 4.78 is 32.4. The summed E-state index contributed by atoms with van der Waals surface area (Å²) in [6, 6.07) is 11.7. The SMILES string of the molecule is CCOc1ccc(NC(=O)c2ccccc2I)cc1S(=O)(=O)N(C)C. The Balaban J connectivity index is 2.40. The van der Waals surface area contributed by atoms with Crippen molar-refractivity contribution in [2.24, 2.45) is 0 Å². The second-order valence-corrected chi connectivity index (χ2v) is 8.60. The van der Waals surface area contributed by atoms with E-state index in [0.717, 1.165) is 7.88 Å². The van der Waals surface area contributed by atoms with Crippen molar-refractivity contribution in [3.63, 3.8) is 0 Å². The molecule has 1 N–H and O–H groups in total. The maximum Gasteiger partial charge on any atom is 0.256 e. The standard InChI is InChI=1S/C17H19IN2O4S/c1-4-24-15-10-9-12(11-16(15)25(22,23)20(2)3)19-17(21)13-7-5-6-8-14(13)18/h5-11H,4H2,1-3H3,(H,19,21). The Hall–Kier alpha value is -1.65. The van der Waals surface area contributed by atoms with E-state index in [2.05, 4.69) is 27.9 Å². The van der Waals surface area contributed by atoms with E-state index in [4.69, 9.17) is 4.74 Å². The van der Waals surface area contributed by atoms with Crippen molar-refractivity contribution < 1.29 is 17.9 Å². The van der Waals surface area contributed by atoms with Crippen molar-refractivity contribution in [3.8, 4) is 5.75 Å². The molecule has 0 aromatic heterocycles. The number of carbonyl (C=O) groups is 1. The number of amides is 1. The van der Waals surface area contributed by atoms with E-state index >= 15 is 0 Å². The molecule has 1 amide bonds. The summed E-state index contributed by atoms with van der Waals surface area (Å²) in [6.07, 6.45) is 0. The number of hydrogen-bond acceptors (Lipinski definition) is 4. The average molecular weight is 474 g/mol. The lowest BCUT2D eigenvalue weighted by Crippen LogP contribution is -2.23. The lowest BCUT2D eigenvalue weighted by molar-refractivity contribution is 0.102. The van der Waals surface area contributed by atoms with Gasteiger partial charge in [-0.05, 0) is 59.8 Å². The van der Waals surface area contributed by atoms with Gasteiger partial charge in [-0.25, -0.2) is 12.7 Å². The van der Waals surface area contributed by atoms with E-state index in [1.807, 2.05) is 12.1 Å². The molecule has 6 nitrogen and oxygen atoms in total. The summed E-state index contributed by atoms with van der Waals surface area (Å²) in [5.74, 6) is -0.0501. The molecular formula is C17H19IN2O4S. The number of ether oxygens (including phenoxy) is 1. The first-order valence-electron chi connectivity index (χ1n) is 7.52. The number of anilines is 1. The molecule has 2 aromatic carbocycles. The van der Waals surface area contributed by atoms with Crippen LogP contribution in [0.3, 0.4) is 0 Å². The van der Waals surface area contributed by atoms with Gasteiger partial charge in [-0.3, -0.25) is 4.79 Å². The number of nitrogens with one attached hydrogen (secondary N) is 1. The second-order valence-electron chi connectivity index (χ2n) is 5.32. The molecule has 0 atom stereocenters. The zero-order valence-electron chi connectivity index (χ0n) is 14.1. The highest BCUT2D eigenvalue weighted by molar-refractivity contribution is 14.1. The molecule has 134 valence electrons. The maximum atomic E-state index is 12.5. The molecule has 0 aliphatic rings. The lowest BCUT2D eigenvalue weighted by atomic mass is 10.2. The van der Waals surface area contributed by atoms with Crippen molar-refractivity contribution in [3.05, 3.63) is 51.6 Å². The Morgan fingerprint density at radius 3 is 2.48 bits per heavy atom. The average Bonchev–Trinajstić information content (AvgIpc) is 2.56. The fourth-order valence-electron chi connectivity index (χ4n) is 2.10. The highest BCUT2D eigenvalue weighted by Crippen LogP contribution is 2.29. The smallest absolute Gasteiger partial charge is 0.256 e. The van der Waals surface area contributed by atoms with Crippen LogP contribution in [0.4, 0.5) is 5.69 Å². The number of carbonyl (C=O) groups excluding carboxylic acids is 1. The predicted octanol–water partition coefficient (Wildman–Crippen LogP) is 3.19. The molecule has 0 radical (unpaired) electrons. The summed E-state index contributed by atoms with van der Waals surface area (Å²) in [6.45, 7) is 2.11. The highest BCUT2D eigenvalue weighted by atomic mass is 127. The third kappa shape index (κ3) is 4.50. The van der Waals surface area contributed by atoms with E-state index < -0.39 is 10.0 Å². The molecule has 0 unspecified atom stereocenters. The molecule has 0 saturated heterocycles. The van der Waals surface area contributed by atoms with Crippen molar-refractivity contribution in [1.29, 1.82) is 0 Å². The lowest BCUT2D eigenvalue weighted by Gasteiger charge is -2.16. The molecule has 25 heavy (non-hydrogen) atoms. The van der Waals surface area contributed by atoms with Gasteiger partial charge in [0.2, 0.25) is 10.0 Å². The Morgan fingerprint density at radius 1 is 1.20 bits per heavy atom. The molecule has 0 spiro atoms. The molecule has 8 heteroatoms. The van der Waals surface area contributed by atoms with E-state index in [9.17, 15) is 13.2 Å². The van der Waals surface area contributed by atoms with Gasteiger partial charge in [-0.2, -0.15) is 0 Å². The molecule has 2 aromatic rings. The fraction of sp³-hybridized carbons (Fsp3) is 0.235. The van der Waals surface area contributed by atoms with Crippen LogP contribution in [0.15, 0.2) is 47.4 Å². The quantitative estimate of drug-likeness (QED) is 0.653. The first kappa shape index (κ1) is 19.7. The minimum atomic E-state index is -3.71. The fourth-order valence-corrected chi connectivity index (χ4v) is 3.79. The van der Waals surface area contributed by atoms with Crippen LogP contribution in [0, 0.1) is 3.57 Å². The molecule has 0 saturated carbocycles. The monoisotopic (exact) mass is 474 g/mol. The van der Waals surface area contributed by atoms with Gasteiger partial charge in [-0.15, -0.1) is 0 Å². The molecule has 2 rings (SSSR count). The second kappa shape index (κ2) is 8.15. The van der Waals surface area contributed by atoms with Crippen molar-refractivity contribution >= 4 is 44.2 Å². The van der Waals surface area contributed by atoms with E-state index in [1.54, 1.807) is 31.2 Å². The molecule has 0 heterocycles. The Morgan fingerprint density at radius 2 is 1.88 bits per heavy atom. The topological polar surface area (TPSA) is 75.7 Å². The Bertz CT molecular complexity index is 882. The number of hydrogen-bond donors (Lipinski definition) is 1. The van der Waals surface area contributed by atoms with Gasteiger partial charge in [0.25, 0.3) is 5.91 Å². The van der Waals surface area contributed by atoms with E-state index in [0.29, 0.717) is 17.9 Å². The van der Waals surface area contributed by atoms with Gasteiger partial charge in [0.1, 0.15) is 10.6 Å². The zero-order chi connectivity index (χ0) is 18.6. The van der Waals surface area contributed by atoms with Gasteiger partial charge in [0.05, 0.1) is 12.2 Å². The summed E-state index contributed by atoms with van der Waals surface area (Å²) in [5.41, 5.74) is 0.905. The van der Waals surface area contributed by atoms with Crippen molar-refractivity contribution in [1.82, 2.24) is 4.31 Å². The first-order chi connectivity index (χ1) is 11.8. The molecule has 0 fully saturated rings. The molecule has 0 bridgehead atoms. The minimum absolute atomic E-state index is 0.0138. The zero-order valence-corrected chi connectivity index (χ0v) is 17.1. The largest absolute Gasteiger partial charge is 0.492 e. The molecule has 0 aliphatic heterocycles. The number of benzene rings is 2. The third-order valence-corrected chi connectivity index (χ3v) is 6.16. The van der Waals surface area contributed by atoms with Gasteiger partial charge < -0.3 is 10.1 Å². The van der Waals surface area contributed by atoms with Gasteiger partial charge >= 0.3 is 0 Å². The number of sulfonamides is 1. The molecular weight excluding hydrogens is 455 g/mol. The Labute approximate surface area is 161 Å². The minimum Gasteiger partial charge on any atom is -0.492 e. The highest BCUT2D eigenvalue weighted by Gasteiger charge is 2.23. The Kier molecular flexibility index (Phi) is 6.42.